The summed E-state index contributed by atoms with van der Waals surface area (Å²) in [7, 11) is -3.93. The lowest BCUT2D eigenvalue weighted by molar-refractivity contribution is 0.464. The van der Waals surface area contributed by atoms with Crippen LogP contribution >= 0.6 is 31.9 Å². The fraction of sp³-hybridized carbons (Fsp3) is 0. The summed E-state index contributed by atoms with van der Waals surface area (Å²) < 4.78 is 35.3. The number of aromatic amines is 1. The number of phenolic OH excluding ortho intramolecular Hbond substituents is 1. The lowest BCUT2D eigenvalue weighted by atomic mass is 10.2. The first-order valence-corrected chi connectivity index (χ1v) is 12.5. The molecule has 0 fully saturated rings. The maximum atomic E-state index is 12.6. The van der Waals surface area contributed by atoms with Gasteiger partial charge in [0.1, 0.15) is 17.7 Å². The van der Waals surface area contributed by atoms with Crippen LogP contribution in [0, 0.1) is 0 Å². The van der Waals surface area contributed by atoms with Crippen LogP contribution in [0.15, 0.2) is 90.3 Å². The molecule has 0 aliphatic heterocycles. The van der Waals surface area contributed by atoms with E-state index >= 15 is 0 Å². The topological polar surface area (TPSA) is 143 Å². The van der Waals surface area contributed by atoms with Gasteiger partial charge in [0, 0.05) is 6.07 Å². The summed E-state index contributed by atoms with van der Waals surface area (Å²) in [5.41, 5.74) is -1.07. The molecule has 0 bridgehead atoms. The first-order chi connectivity index (χ1) is 16.1. The van der Waals surface area contributed by atoms with Crippen molar-refractivity contribution >= 4 is 47.6 Å². The van der Waals surface area contributed by atoms with Gasteiger partial charge in [-0.3, -0.25) is 14.5 Å². The summed E-state index contributed by atoms with van der Waals surface area (Å²) in [5.74, 6) is 0.240. The molecule has 10 nitrogen and oxygen atoms in total. The fourth-order valence-corrected chi connectivity index (χ4v) is 5.30. The standard InChI is InChI=1S/C21H14Br2N4O6S/c22-15-8-12(27-21(30)25-19(29)11-24-27)9-16(23)20(15)33-13-6-7-18(28)17(10-13)26-34(31,32)14-4-2-1-3-5-14/h1-11,26,28H,(H,25,29,30). The lowest BCUT2D eigenvalue weighted by Gasteiger charge is -2.14. The number of halogens is 2. The van der Waals surface area contributed by atoms with E-state index in [9.17, 15) is 23.1 Å². The van der Waals surface area contributed by atoms with Crippen LogP contribution in [-0.4, -0.2) is 28.3 Å². The van der Waals surface area contributed by atoms with Gasteiger partial charge in [0.2, 0.25) is 0 Å². The zero-order valence-electron chi connectivity index (χ0n) is 16.9. The van der Waals surface area contributed by atoms with E-state index < -0.39 is 21.3 Å². The summed E-state index contributed by atoms with van der Waals surface area (Å²) in [6, 6.07) is 14.9. The van der Waals surface area contributed by atoms with Gasteiger partial charge in [-0.15, -0.1) is 0 Å². The van der Waals surface area contributed by atoms with Crippen LogP contribution in [0.5, 0.6) is 17.2 Å². The zero-order valence-corrected chi connectivity index (χ0v) is 20.9. The quantitative estimate of drug-likeness (QED) is 0.283. The van der Waals surface area contributed by atoms with Crippen LogP contribution in [0.1, 0.15) is 0 Å². The van der Waals surface area contributed by atoms with Crippen LogP contribution < -0.4 is 20.7 Å². The van der Waals surface area contributed by atoms with Crippen LogP contribution in [0.2, 0.25) is 0 Å². The van der Waals surface area contributed by atoms with Crippen LogP contribution in [0.4, 0.5) is 5.69 Å². The zero-order chi connectivity index (χ0) is 24.5. The molecular weight excluding hydrogens is 596 g/mol. The van der Waals surface area contributed by atoms with Crippen molar-refractivity contribution in [1.82, 2.24) is 14.8 Å². The highest BCUT2D eigenvalue weighted by Gasteiger charge is 2.18. The predicted molar refractivity (Wildman–Crippen MR) is 131 cm³/mol. The Hall–Kier alpha value is -3.42. The molecule has 34 heavy (non-hydrogen) atoms. The van der Waals surface area contributed by atoms with Crippen LogP contribution in [-0.2, 0) is 10.0 Å². The van der Waals surface area contributed by atoms with Gasteiger partial charge in [0.15, 0.2) is 5.75 Å². The van der Waals surface area contributed by atoms with E-state index in [1.165, 1.54) is 30.3 Å². The number of H-pyrrole nitrogens is 1. The summed E-state index contributed by atoms with van der Waals surface area (Å²) in [5, 5.41) is 14.0. The number of aromatic nitrogens is 3. The number of hydrogen-bond donors (Lipinski definition) is 3. The molecule has 4 rings (SSSR count). The Morgan fingerprint density at radius 3 is 2.32 bits per heavy atom. The Labute approximate surface area is 209 Å². The Morgan fingerprint density at radius 2 is 1.68 bits per heavy atom. The number of phenols is 1. The van der Waals surface area contributed by atoms with Gasteiger partial charge in [0.05, 0.1) is 25.2 Å². The van der Waals surface area contributed by atoms with E-state index in [1.807, 2.05) is 0 Å². The number of nitrogens with zero attached hydrogens (tertiary/aromatic N) is 2. The number of aromatic hydroxyl groups is 1. The highest BCUT2D eigenvalue weighted by Crippen LogP contribution is 2.40. The monoisotopic (exact) mass is 608 g/mol. The maximum absolute atomic E-state index is 12.6. The molecule has 3 aromatic carbocycles. The minimum atomic E-state index is -3.93. The second kappa shape index (κ2) is 9.44. The second-order valence-electron chi connectivity index (χ2n) is 6.79. The predicted octanol–water partition coefficient (Wildman–Crippen LogP) is 3.74. The van der Waals surface area contributed by atoms with Crippen LogP contribution in [0.3, 0.4) is 0 Å². The molecule has 3 N–H and O–H groups in total. The Morgan fingerprint density at radius 1 is 1.00 bits per heavy atom. The van der Waals surface area contributed by atoms with Crippen molar-refractivity contribution in [1.29, 1.82) is 0 Å². The number of sulfonamides is 1. The van der Waals surface area contributed by atoms with Gasteiger partial charge in [-0.25, -0.2) is 13.2 Å². The van der Waals surface area contributed by atoms with Crippen molar-refractivity contribution in [3.8, 4) is 22.9 Å². The van der Waals surface area contributed by atoms with Gasteiger partial charge < -0.3 is 9.84 Å². The smallest absolute Gasteiger partial charge is 0.349 e. The van der Waals surface area contributed by atoms with Crippen molar-refractivity contribution in [2.45, 2.75) is 4.90 Å². The van der Waals surface area contributed by atoms with Gasteiger partial charge in [-0.2, -0.15) is 9.78 Å². The third kappa shape index (κ3) is 5.05. The molecule has 0 aliphatic rings. The normalized spacial score (nSPS) is 11.2. The van der Waals surface area contributed by atoms with Gasteiger partial charge in [-0.05, 0) is 68.3 Å². The summed E-state index contributed by atoms with van der Waals surface area (Å²) in [4.78, 5) is 25.4. The third-order valence-corrected chi connectivity index (χ3v) is 6.99. The molecule has 0 saturated heterocycles. The van der Waals surface area contributed by atoms with Crippen molar-refractivity contribution in [3.05, 3.63) is 96.6 Å². The van der Waals surface area contributed by atoms with Crippen molar-refractivity contribution in [2.24, 2.45) is 0 Å². The minimum Gasteiger partial charge on any atom is -0.506 e. The van der Waals surface area contributed by atoms with E-state index in [4.69, 9.17) is 4.74 Å². The molecule has 0 saturated carbocycles. The van der Waals surface area contributed by atoms with Crippen molar-refractivity contribution in [2.75, 3.05) is 4.72 Å². The fourth-order valence-electron chi connectivity index (χ4n) is 2.89. The lowest BCUT2D eigenvalue weighted by Crippen LogP contribution is -2.30. The molecule has 0 unspecified atom stereocenters. The molecule has 174 valence electrons. The Kier molecular flexibility index (Phi) is 6.59. The molecular formula is C21H14Br2N4O6S. The third-order valence-electron chi connectivity index (χ3n) is 4.43. The average molecular weight is 610 g/mol. The van der Waals surface area contributed by atoms with E-state index in [0.717, 1.165) is 10.9 Å². The van der Waals surface area contributed by atoms with Crippen LogP contribution in [0.25, 0.3) is 5.69 Å². The maximum Gasteiger partial charge on any atom is 0.349 e. The van der Waals surface area contributed by atoms with E-state index in [2.05, 4.69) is 46.7 Å². The molecule has 0 spiro atoms. The first kappa shape index (κ1) is 23.7. The summed E-state index contributed by atoms with van der Waals surface area (Å²) >= 11 is 6.75. The number of ether oxygens (including phenoxy) is 1. The summed E-state index contributed by atoms with van der Waals surface area (Å²) in [6.45, 7) is 0. The molecule has 13 heteroatoms. The second-order valence-corrected chi connectivity index (χ2v) is 10.2. The van der Waals surface area contributed by atoms with Gasteiger partial charge in [0.25, 0.3) is 15.6 Å². The highest BCUT2D eigenvalue weighted by atomic mass is 79.9. The molecule has 0 atom stereocenters. The van der Waals surface area contributed by atoms with Gasteiger partial charge in [-0.1, -0.05) is 18.2 Å². The van der Waals surface area contributed by atoms with E-state index in [1.54, 1.807) is 30.3 Å². The van der Waals surface area contributed by atoms with Crippen molar-refractivity contribution < 1.29 is 18.3 Å². The number of rotatable bonds is 6. The Bertz CT molecular complexity index is 1580. The van der Waals surface area contributed by atoms with E-state index in [0.29, 0.717) is 20.4 Å². The summed E-state index contributed by atoms with van der Waals surface area (Å²) in [6.07, 6.45) is 0.974. The SMILES string of the molecule is O=c1cnn(-c2cc(Br)c(Oc3ccc(O)c(NS(=O)(=O)c4ccccc4)c3)c(Br)c2)c(=O)[nH]1. The number of benzene rings is 3. The first-order valence-electron chi connectivity index (χ1n) is 9.41. The highest BCUT2D eigenvalue weighted by molar-refractivity contribution is 9.11. The van der Waals surface area contributed by atoms with Gasteiger partial charge >= 0.3 is 5.69 Å². The molecule has 0 aliphatic carbocycles. The molecule has 0 radical (unpaired) electrons. The van der Waals surface area contributed by atoms with E-state index in [-0.39, 0.29) is 22.1 Å². The number of hydrogen-bond acceptors (Lipinski definition) is 7. The Balaban J connectivity index is 1.64. The van der Waals surface area contributed by atoms with Crippen molar-refractivity contribution in [3.63, 3.8) is 0 Å². The number of nitrogens with one attached hydrogen (secondary N) is 2. The number of anilines is 1. The minimum absolute atomic E-state index is 0.0351. The largest absolute Gasteiger partial charge is 0.506 e. The molecule has 4 aromatic rings. The average Bonchev–Trinajstić information content (AvgIpc) is 2.78. The molecule has 0 amide bonds. The molecule has 1 heterocycles. The molecule has 1 aromatic heterocycles.